The zero-order valence-electron chi connectivity index (χ0n) is 12.9. The molecule has 8 nitrogen and oxygen atoms in total. The van der Waals surface area contributed by atoms with Crippen LogP contribution in [0.4, 0.5) is 0 Å². The van der Waals surface area contributed by atoms with Gasteiger partial charge in [-0.05, 0) is 12.1 Å². The molecule has 0 aliphatic rings. The van der Waals surface area contributed by atoms with Crippen LogP contribution >= 0.6 is 0 Å². The molecular formula is C16H16CoN2O6. The number of aliphatic hydroxyl groups excluding tert-OH is 2. The van der Waals surface area contributed by atoms with Crippen LogP contribution in [0.5, 0.6) is 0 Å². The van der Waals surface area contributed by atoms with Gasteiger partial charge in [0.25, 0.3) is 0 Å². The second kappa shape index (κ2) is 11.9. The molecule has 0 bridgehead atoms. The van der Waals surface area contributed by atoms with Gasteiger partial charge >= 0.3 is 11.9 Å². The maximum absolute atomic E-state index is 9.12. The summed E-state index contributed by atoms with van der Waals surface area (Å²) in [5, 5.41) is 32.3. The summed E-state index contributed by atoms with van der Waals surface area (Å²) in [6, 6.07) is 12.1. The van der Waals surface area contributed by atoms with Gasteiger partial charge in [0.1, 0.15) is 13.2 Å². The molecule has 0 aliphatic heterocycles. The van der Waals surface area contributed by atoms with Crippen LogP contribution in [-0.2, 0) is 26.4 Å². The second-order valence-electron chi connectivity index (χ2n) is 4.32. The normalized spacial score (nSPS) is 9.04. The predicted molar refractivity (Wildman–Crippen MR) is 86.5 cm³/mol. The minimum absolute atomic E-state index is 0. The van der Waals surface area contributed by atoms with Crippen molar-refractivity contribution >= 4 is 33.7 Å². The Morgan fingerprint density at radius 1 is 0.760 bits per heavy atom. The fourth-order valence-electron chi connectivity index (χ4n) is 1.68. The quantitative estimate of drug-likeness (QED) is 0.473. The molecule has 1 aromatic carbocycles. The third-order valence-corrected chi connectivity index (χ3v) is 2.62. The molecule has 1 radical (unpaired) electrons. The molecule has 25 heavy (non-hydrogen) atoms. The zero-order chi connectivity index (χ0) is 17.9. The van der Waals surface area contributed by atoms with E-state index in [2.05, 4.69) is 34.2 Å². The van der Waals surface area contributed by atoms with Gasteiger partial charge in [-0.2, -0.15) is 0 Å². The number of carboxylic acids is 2. The molecule has 135 valence electrons. The number of aliphatic hydroxyl groups is 2. The van der Waals surface area contributed by atoms with E-state index in [-0.39, 0.29) is 16.8 Å². The summed E-state index contributed by atoms with van der Waals surface area (Å²) in [6.45, 7) is -1.56. The molecule has 3 aromatic rings. The van der Waals surface area contributed by atoms with Crippen molar-refractivity contribution in [3.05, 3.63) is 48.8 Å². The summed E-state index contributed by atoms with van der Waals surface area (Å²) in [7, 11) is 0. The first-order chi connectivity index (χ1) is 11.5. The zero-order valence-corrected chi connectivity index (χ0v) is 13.9. The Morgan fingerprint density at radius 2 is 1.08 bits per heavy atom. The largest absolute Gasteiger partial charge is 0.480 e. The number of aliphatic carboxylic acids is 2. The molecule has 2 aromatic heterocycles. The molecule has 4 N–H and O–H groups in total. The van der Waals surface area contributed by atoms with Gasteiger partial charge in [-0.25, -0.2) is 9.59 Å². The minimum Gasteiger partial charge on any atom is -0.480 e. The molecule has 0 unspecified atom stereocenters. The van der Waals surface area contributed by atoms with Crippen molar-refractivity contribution in [3.63, 3.8) is 0 Å². The smallest absolute Gasteiger partial charge is 0.329 e. The maximum Gasteiger partial charge on any atom is 0.329 e. The molecule has 0 saturated carbocycles. The number of hydrogen-bond donors (Lipinski definition) is 4. The second-order valence-corrected chi connectivity index (χ2v) is 4.32. The predicted octanol–water partition coefficient (Wildman–Crippen LogP) is 0.907. The number of benzene rings is 1. The van der Waals surface area contributed by atoms with Crippen LogP contribution in [0.3, 0.4) is 0 Å². The van der Waals surface area contributed by atoms with Crippen molar-refractivity contribution in [3.8, 4) is 0 Å². The monoisotopic (exact) mass is 391 g/mol. The third-order valence-electron chi connectivity index (χ3n) is 2.62. The van der Waals surface area contributed by atoms with E-state index in [9.17, 15) is 0 Å². The molecular weight excluding hydrogens is 375 g/mol. The Morgan fingerprint density at radius 3 is 1.36 bits per heavy atom. The summed E-state index contributed by atoms with van der Waals surface area (Å²) in [4.78, 5) is 26.9. The van der Waals surface area contributed by atoms with Crippen molar-refractivity contribution in [2.75, 3.05) is 13.2 Å². The van der Waals surface area contributed by atoms with E-state index in [0.29, 0.717) is 0 Å². The van der Waals surface area contributed by atoms with E-state index in [1.807, 2.05) is 12.1 Å². The number of pyridine rings is 2. The molecule has 0 aliphatic carbocycles. The van der Waals surface area contributed by atoms with Gasteiger partial charge in [-0.15, -0.1) is 0 Å². The Hall–Kier alpha value is -2.59. The third kappa shape index (κ3) is 7.68. The SMILES string of the molecule is O=C(O)CO.O=C(O)CO.[Co].c1cnc2c(c1)ccc1cccnc12. The molecule has 0 fully saturated rings. The number of carboxylic acid groups (broad SMARTS) is 2. The molecule has 0 atom stereocenters. The van der Waals surface area contributed by atoms with Gasteiger partial charge in [0.2, 0.25) is 0 Å². The van der Waals surface area contributed by atoms with E-state index < -0.39 is 25.2 Å². The molecule has 0 spiro atoms. The van der Waals surface area contributed by atoms with Gasteiger partial charge < -0.3 is 20.4 Å². The van der Waals surface area contributed by atoms with Crippen LogP contribution in [0.25, 0.3) is 21.8 Å². The first kappa shape index (κ1) is 22.4. The van der Waals surface area contributed by atoms with Crippen LogP contribution in [-0.4, -0.2) is 55.5 Å². The van der Waals surface area contributed by atoms with E-state index in [1.165, 1.54) is 0 Å². The molecule has 0 amide bonds. The van der Waals surface area contributed by atoms with E-state index in [4.69, 9.17) is 30.0 Å². The van der Waals surface area contributed by atoms with Crippen molar-refractivity contribution in [2.24, 2.45) is 0 Å². The van der Waals surface area contributed by atoms with Gasteiger partial charge in [0.05, 0.1) is 11.0 Å². The van der Waals surface area contributed by atoms with E-state index in [0.717, 1.165) is 21.8 Å². The standard InChI is InChI=1S/C12H8N2.2C2H4O3.Co/c1-3-9-5-6-10-4-2-8-14-12(10)11(9)13-7-1;2*3-1-2(4)5;/h1-8H;2*3H,1H2,(H,4,5);. The Bertz CT molecular complexity index is 759. The summed E-state index contributed by atoms with van der Waals surface area (Å²) in [5.41, 5.74) is 1.95. The maximum atomic E-state index is 9.12. The number of aromatic nitrogens is 2. The number of fused-ring (bicyclic) bond motifs is 3. The van der Waals surface area contributed by atoms with Gasteiger partial charge in [0.15, 0.2) is 0 Å². The van der Waals surface area contributed by atoms with Gasteiger partial charge in [-0.3, -0.25) is 9.97 Å². The average molecular weight is 391 g/mol. The summed E-state index contributed by atoms with van der Waals surface area (Å²) in [6.07, 6.45) is 3.60. The van der Waals surface area contributed by atoms with Crippen molar-refractivity contribution in [2.45, 2.75) is 0 Å². The molecule has 3 rings (SSSR count). The summed E-state index contributed by atoms with van der Waals surface area (Å²) < 4.78 is 0. The van der Waals surface area contributed by atoms with Gasteiger partial charge in [0, 0.05) is 39.9 Å². The molecule has 9 heteroatoms. The first-order valence-electron chi connectivity index (χ1n) is 6.73. The molecule has 2 heterocycles. The number of rotatable bonds is 2. The summed E-state index contributed by atoms with van der Waals surface area (Å²) >= 11 is 0. The number of carbonyl (C=O) groups is 2. The Kier molecular flexibility index (Phi) is 10.6. The van der Waals surface area contributed by atoms with E-state index >= 15 is 0 Å². The average Bonchev–Trinajstić information content (AvgIpc) is 2.62. The van der Waals surface area contributed by atoms with Crippen LogP contribution in [0.2, 0.25) is 0 Å². The summed E-state index contributed by atoms with van der Waals surface area (Å²) in [5.74, 6) is -2.38. The number of nitrogens with zero attached hydrogens (tertiary/aromatic N) is 2. The Labute approximate surface area is 153 Å². The van der Waals surface area contributed by atoms with Crippen molar-refractivity contribution < 1.29 is 46.8 Å². The van der Waals surface area contributed by atoms with E-state index in [1.54, 1.807) is 12.4 Å². The van der Waals surface area contributed by atoms with Crippen LogP contribution in [0, 0.1) is 0 Å². The van der Waals surface area contributed by atoms with Crippen LogP contribution in [0.15, 0.2) is 48.8 Å². The van der Waals surface area contributed by atoms with Crippen molar-refractivity contribution in [1.29, 1.82) is 0 Å². The first-order valence-corrected chi connectivity index (χ1v) is 6.73. The van der Waals surface area contributed by atoms with Crippen LogP contribution in [0.1, 0.15) is 0 Å². The fraction of sp³-hybridized carbons (Fsp3) is 0.125. The minimum atomic E-state index is -1.19. The fourth-order valence-corrected chi connectivity index (χ4v) is 1.68. The topological polar surface area (TPSA) is 141 Å². The Balaban J connectivity index is 0.000000445. The number of hydrogen-bond acceptors (Lipinski definition) is 6. The van der Waals surface area contributed by atoms with Crippen molar-refractivity contribution in [1.82, 2.24) is 9.97 Å². The van der Waals surface area contributed by atoms with Gasteiger partial charge in [-0.1, -0.05) is 24.3 Å². The molecule has 0 saturated heterocycles. The van der Waals surface area contributed by atoms with Crippen LogP contribution < -0.4 is 0 Å².